The third-order valence-electron chi connectivity index (χ3n) is 1.92. The summed E-state index contributed by atoms with van der Waals surface area (Å²) in [6.07, 6.45) is 10.4. The molecule has 0 amide bonds. The molecule has 13 heavy (non-hydrogen) atoms. The van der Waals surface area contributed by atoms with Crippen LogP contribution >= 0.6 is 0 Å². The molecule has 0 aromatic carbocycles. The summed E-state index contributed by atoms with van der Waals surface area (Å²) in [6, 6.07) is 0. The Morgan fingerprint density at radius 1 is 1.69 bits per heavy atom. The van der Waals surface area contributed by atoms with Crippen molar-refractivity contribution in [1.29, 1.82) is 0 Å². The van der Waals surface area contributed by atoms with Gasteiger partial charge in [-0.3, -0.25) is 4.79 Å². The molecule has 0 saturated heterocycles. The van der Waals surface area contributed by atoms with E-state index < -0.39 is 6.10 Å². The van der Waals surface area contributed by atoms with Crippen molar-refractivity contribution in [3.63, 3.8) is 0 Å². The third-order valence-corrected chi connectivity index (χ3v) is 1.92. The van der Waals surface area contributed by atoms with Crippen LogP contribution in [-0.2, 0) is 9.53 Å². The highest BCUT2D eigenvalue weighted by Crippen LogP contribution is 2.16. The zero-order valence-corrected chi connectivity index (χ0v) is 7.91. The summed E-state index contributed by atoms with van der Waals surface area (Å²) in [5.74, 6) is -0.0931. The highest BCUT2D eigenvalue weighted by molar-refractivity contribution is 5.93. The summed E-state index contributed by atoms with van der Waals surface area (Å²) in [5.41, 5.74) is 0.990. The summed E-state index contributed by atoms with van der Waals surface area (Å²) >= 11 is 0. The first kappa shape index (κ1) is 9.93. The summed E-state index contributed by atoms with van der Waals surface area (Å²) in [7, 11) is 1.54. The van der Waals surface area contributed by atoms with Gasteiger partial charge in [-0.1, -0.05) is 24.3 Å². The molecule has 0 aliphatic heterocycles. The Morgan fingerprint density at radius 2 is 2.46 bits per heavy atom. The highest BCUT2D eigenvalue weighted by atomic mass is 16.5. The van der Waals surface area contributed by atoms with E-state index in [4.69, 9.17) is 4.74 Å². The van der Waals surface area contributed by atoms with Gasteiger partial charge in [0, 0.05) is 13.2 Å². The van der Waals surface area contributed by atoms with Crippen LogP contribution in [0.3, 0.4) is 0 Å². The normalized spacial score (nSPS) is 22.5. The lowest BCUT2D eigenvalue weighted by molar-refractivity contribution is -0.122. The molecule has 0 bridgehead atoms. The molecule has 2 heteroatoms. The van der Waals surface area contributed by atoms with Gasteiger partial charge in [0.2, 0.25) is 0 Å². The maximum absolute atomic E-state index is 11.3. The number of hydrogen-bond donors (Lipinski definition) is 0. The minimum absolute atomic E-state index is 0.0931. The predicted molar refractivity (Wildman–Crippen MR) is 51.1 cm³/mol. The van der Waals surface area contributed by atoms with E-state index in [0.29, 0.717) is 0 Å². The number of ether oxygens (including phenoxy) is 1. The van der Waals surface area contributed by atoms with E-state index in [0.717, 1.165) is 12.0 Å². The predicted octanol–water partition coefficient (Wildman–Crippen LogP) is 1.84. The van der Waals surface area contributed by atoms with Gasteiger partial charge in [0.1, 0.15) is 6.10 Å². The van der Waals surface area contributed by atoms with E-state index in [-0.39, 0.29) is 5.78 Å². The second-order valence-electron chi connectivity index (χ2n) is 2.81. The zero-order chi connectivity index (χ0) is 9.68. The first-order valence-electron chi connectivity index (χ1n) is 4.26. The van der Waals surface area contributed by atoms with Crippen molar-refractivity contribution in [3.8, 4) is 0 Å². The van der Waals surface area contributed by atoms with Crippen LogP contribution in [0.5, 0.6) is 0 Å². The first-order valence-corrected chi connectivity index (χ1v) is 4.26. The summed E-state index contributed by atoms with van der Waals surface area (Å²) in [5, 5.41) is 0. The SMILES string of the molecule is CC=CCC1=CC=[C]C(=O)C1OC. The molecule has 0 fully saturated rings. The Labute approximate surface area is 78.6 Å². The van der Waals surface area contributed by atoms with Crippen LogP contribution in [0.4, 0.5) is 0 Å². The van der Waals surface area contributed by atoms with Gasteiger partial charge in [-0.05, 0) is 18.9 Å². The first-order chi connectivity index (χ1) is 6.29. The second kappa shape index (κ2) is 4.77. The Kier molecular flexibility index (Phi) is 3.65. The molecular weight excluding hydrogens is 164 g/mol. The molecule has 1 aliphatic carbocycles. The number of allylic oxidation sites excluding steroid dienone is 4. The molecule has 69 valence electrons. The molecular formula is C11H13O2. The van der Waals surface area contributed by atoms with E-state index in [2.05, 4.69) is 6.08 Å². The minimum atomic E-state index is -0.429. The molecule has 0 saturated carbocycles. The van der Waals surface area contributed by atoms with Gasteiger partial charge in [-0.15, -0.1) is 0 Å². The van der Waals surface area contributed by atoms with Crippen LogP contribution in [0.2, 0.25) is 0 Å². The summed E-state index contributed by atoms with van der Waals surface area (Å²) in [4.78, 5) is 11.3. The molecule has 1 atom stereocenters. The number of methoxy groups -OCH3 is 1. The largest absolute Gasteiger partial charge is 0.369 e. The van der Waals surface area contributed by atoms with E-state index in [1.165, 1.54) is 0 Å². The number of carbonyl (C=O) groups excluding carboxylic acids is 1. The number of rotatable bonds is 3. The molecule has 0 aromatic heterocycles. The van der Waals surface area contributed by atoms with E-state index >= 15 is 0 Å². The summed E-state index contributed by atoms with van der Waals surface area (Å²) < 4.78 is 5.08. The van der Waals surface area contributed by atoms with Gasteiger partial charge in [0.15, 0.2) is 5.78 Å². The van der Waals surface area contributed by atoms with Gasteiger partial charge < -0.3 is 4.74 Å². The van der Waals surface area contributed by atoms with Crippen LogP contribution < -0.4 is 0 Å². The molecule has 0 heterocycles. The topological polar surface area (TPSA) is 26.3 Å². The van der Waals surface area contributed by atoms with Gasteiger partial charge in [-0.25, -0.2) is 0 Å². The number of hydrogen-bond acceptors (Lipinski definition) is 2. The molecule has 0 aromatic rings. The molecule has 2 nitrogen and oxygen atoms in total. The fourth-order valence-corrected chi connectivity index (χ4v) is 1.25. The van der Waals surface area contributed by atoms with Gasteiger partial charge in [-0.2, -0.15) is 0 Å². The van der Waals surface area contributed by atoms with Crippen molar-refractivity contribution in [1.82, 2.24) is 0 Å². The van der Waals surface area contributed by atoms with E-state index in [9.17, 15) is 4.79 Å². The average molecular weight is 177 g/mol. The maximum Gasteiger partial charge on any atom is 0.196 e. The van der Waals surface area contributed by atoms with Crippen LogP contribution in [0, 0.1) is 6.08 Å². The number of ketones is 1. The Balaban J connectivity index is 2.74. The fourth-order valence-electron chi connectivity index (χ4n) is 1.25. The van der Waals surface area contributed by atoms with Gasteiger partial charge >= 0.3 is 0 Å². The molecule has 1 rings (SSSR count). The average Bonchev–Trinajstić information content (AvgIpc) is 2.15. The van der Waals surface area contributed by atoms with Crippen LogP contribution in [-0.4, -0.2) is 19.0 Å². The summed E-state index contributed by atoms with van der Waals surface area (Å²) in [6.45, 7) is 1.95. The van der Waals surface area contributed by atoms with Crippen molar-refractivity contribution in [2.45, 2.75) is 19.4 Å². The van der Waals surface area contributed by atoms with Crippen molar-refractivity contribution in [2.24, 2.45) is 0 Å². The number of Topliss-reactive ketones (excluding diaryl/α,β-unsaturated/α-hetero) is 1. The van der Waals surface area contributed by atoms with Crippen molar-refractivity contribution >= 4 is 5.78 Å². The lowest BCUT2D eigenvalue weighted by Gasteiger charge is -2.17. The van der Waals surface area contributed by atoms with Gasteiger partial charge in [0.25, 0.3) is 0 Å². The second-order valence-corrected chi connectivity index (χ2v) is 2.81. The smallest absolute Gasteiger partial charge is 0.196 e. The monoisotopic (exact) mass is 177 g/mol. The lowest BCUT2D eigenvalue weighted by atomic mass is 9.97. The third kappa shape index (κ3) is 2.39. The zero-order valence-electron chi connectivity index (χ0n) is 7.91. The Morgan fingerprint density at radius 3 is 3.08 bits per heavy atom. The van der Waals surface area contributed by atoms with Crippen molar-refractivity contribution in [3.05, 3.63) is 36.0 Å². The van der Waals surface area contributed by atoms with Crippen molar-refractivity contribution in [2.75, 3.05) is 7.11 Å². The van der Waals surface area contributed by atoms with Gasteiger partial charge in [0.05, 0.1) is 0 Å². The molecule has 1 unspecified atom stereocenters. The quantitative estimate of drug-likeness (QED) is 0.615. The Hall–Kier alpha value is -1.15. The Bertz CT molecular complexity index is 272. The minimum Gasteiger partial charge on any atom is -0.369 e. The van der Waals surface area contributed by atoms with E-state index in [1.807, 2.05) is 25.2 Å². The van der Waals surface area contributed by atoms with Crippen LogP contribution in [0.25, 0.3) is 0 Å². The highest BCUT2D eigenvalue weighted by Gasteiger charge is 2.21. The van der Waals surface area contributed by atoms with E-state index in [1.54, 1.807) is 13.2 Å². The van der Waals surface area contributed by atoms with Crippen molar-refractivity contribution < 1.29 is 9.53 Å². The lowest BCUT2D eigenvalue weighted by Crippen LogP contribution is -2.25. The molecule has 0 N–H and O–H groups in total. The fraction of sp³-hybridized carbons (Fsp3) is 0.364. The molecule has 0 spiro atoms. The maximum atomic E-state index is 11.3. The van der Waals surface area contributed by atoms with Crippen LogP contribution in [0.1, 0.15) is 13.3 Å². The number of carbonyl (C=O) groups is 1. The molecule has 1 radical (unpaired) electrons. The molecule has 1 aliphatic rings. The standard InChI is InChI=1S/C11H13O2/c1-3-4-6-9-7-5-8-10(12)11(9)13-2/h3-5,7,11H,6H2,1-2H3. The van der Waals surface area contributed by atoms with Crippen LogP contribution in [0.15, 0.2) is 29.9 Å².